The van der Waals surface area contributed by atoms with Gasteiger partial charge in [0, 0.05) is 23.5 Å². The van der Waals surface area contributed by atoms with Gasteiger partial charge in [-0.15, -0.1) is 0 Å². The van der Waals surface area contributed by atoms with Crippen LogP contribution in [0.1, 0.15) is 27.8 Å². The minimum absolute atomic E-state index is 0.112. The summed E-state index contributed by atoms with van der Waals surface area (Å²) in [5.41, 5.74) is 1.94. The van der Waals surface area contributed by atoms with E-state index in [1.54, 1.807) is 41.3 Å². The van der Waals surface area contributed by atoms with Gasteiger partial charge in [-0.2, -0.15) is 0 Å². The summed E-state index contributed by atoms with van der Waals surface area (Å²) in [5.74, 6) is -0.409. The summed E-state index contributed by atoms with van der Waals surface area (Å²) in [5, 5.41) is 5.56. The quantitative estimate of drug-likeness (QED) is 0.639. The van der Waals surface area contributed by atoms with Crippen LogP contribution in [0.15, 0.2) is 77.4 Å². The summed E-state index contributed by atoms with van der Waals surface area (Å²) >= 11 is 5.17. The predicted molar refractivity (Wildman–Crippen MR) is 113 cm³/mol. The Hall–Kier alpha value is -3.45. The average molecular weight is 393 g/mol. The third-order valence-electron chi connectivity index (χ3n) is 3.97. The first-order chi connectivity index (χ1) is 13.6. The third-order valence-corrected chi connectivity index (χ3v) is 4.17. The Morgan fingerprint density at radius 1 is 1.04 bits per heavy atom. The molecule has 2 N–H and O–H groups in total. The number of amides is 2. The maximum atomic E-state index is 12.9. The van der Waals surface area contributed by atoms with Gasteiger partial charge in [0.25, 0.3) is 11.8 Å². The van der Waals surface area contributed by atoms with E-state index in [1.165, 1.54) is 6.26 Å². The number of carbonyl (C=O) groups excluding carboxylic acids is 2. The van der Waals surface area contributed by atoms with E-state index < -0.39 is 5.91 Å². The van der Waals surface area contributed by atoms with Crippen LogP contribution >= 0.6 is 12.2 Å². The van der Waals surface area contributed by atoms with Gasteiger partial charge in [0.15, 0.2) is 10.9 Å². The van der Waals surface area contributed by atoms with Crippen molar-refractivity contribution < 1.29 is 14.0 Å². The molecule has 0 saturated heterocycles. The minimum Gasteiger partial charge on any atom is -0.459 e. The van der Waals surface area contributed by atoms with Crippen LogP contribution in [0.4, 0.5) is 11.4 Å². The first-order valence-electron chi connectivity index (χ1n) is 8.71. The van der Waals surface area contributed by atoms with Crippen LogP contribution in [0.2, 0.25) is 0 Å². The first kappa shape index (κ1) is 19.3. The van der Waals surface area contributed by atoms with Crippen LogP contribution in [-0.2, 0) is 0 Å². The summed E-state index contributed by atoms with van der Waals surface area (Å²) in [4.78, 5) is 26.6. The van der Waals surface area contributed by atoms with Crippen molar-refractivity contribution in [1.29, 1.82) is 0 Å². The summed E-state index contributed by atoms with van der Waals surface area (Å²) in [6.07, 6.45) is 1.41. The van der Waals surface area contributed by atoms with Gasteiger partial charge in [0.05, 0.1) is 6.26 Å². The Labute approximate surface area is 168 Å². The molecule has 1 heterocycles. The van der Waals surface area contributed by atoms with Crippen molar-refractivity contribution in [3.8, 4) is 0 Å². The largest absolute Gasteiger partial charge is 0.459 e. The van der Waals surface area contributed by atoms with Crippen molar-refractivity contribution in [1.82, 2.24) is 5.32 Å². The molecule has 2 aromatic carbocycles. The Kier molecular flexibility index (Phi) is 6.18. The summed E-state index contributed by atoms with van der Waals surface area (Å²) in [6, 6.07) is 19.6. The second-order valence-electron chi connectivity index (χ2n) is 5.85. The fourth-order valence-corrected chi connectivity index (χ4v) is 2.88. The van der Waals surface area contributed by atoms with Gasteiger partial charge in [0.2, 0.25) is 0 Å². The molecule has 3 aromatic rings. The van der Waals surface area contributed by atoms with Gasteiger partial charge in [-0.3, -0.25) is 14.9 Å². The molecule has 0 aliphatic heterocycles. The van der Waals surface area contributed by atoms with Gasteiger partial charge in [0.1, 0.15) is 0 Å². The highest BCUT2D eigenvalue weighted by Gasteiger charge is 2.16. The molecule has 0 aliphatic carbocycles. The first-order valence-corrected chi connectivity index (χ1v) is 9.12. The lowest BCUT2D eigenvalue weighted by atomic mass is 10.1. The van der Waals surface area contributed by atoms with E-state index in [-0.39, 0.29) is 16.8 Å². The van der Waals surface area contributed by atoms with E-state index in [0.717, 1.165) is 5.69 Å². The monoisotopic (exact) mass is 393 g/mol. The molecule has 6 nitrogen and oxygen atoms in total. The number of nitrogens with one attached hydrogen (secondary N) is 2. The molecule has 0 aliphatic rings. The Morgan fingerprint density at radius 3 is 2.50 bits per heavy atom. The van der Waals surface area contributed by atoms with Crippen molar-refractivity contribution in [3.63, 3.8) is 0 Å². The van der Waals surface area contributed by atoms with Gasteiger partial charge in [-0.05, 0) is 61.6 Å². The normalized spacial score (nSPS) is 10.2. The molecule has 0 unspecified atom stereocenters. The molecule has 0 bridgehead atoms. The molecule has 0 radical (unpaired) electrons. The molecule has 142 valence electrons. The molecule has 1 aromatic heterocycles. The molecular formula is C21H19N3O3S. The highest BCUT2D eigenvalue weighted by Crippen LogP contribution is 2.18. The van der Waals surface area contributed by atoms with E-state index >= 15 is 0 Å². The van der Waals surface area contributed by atoms with E-state index in [0.29, 0.717) is 17.8 Å². The second-order valence-corrected chi connectivity index (χ2v) is 6.26. The number of nitrogens with zero attached hydrogens (tertiary/aromatic N) is 1. The summed E-state index contributed by atoms with van der Waals surface area (Å²) in [6.45, 7) is 2.46. The van der Waals surface area contributed by atoms with Crippen LogP contribution in [0.3, 0.4) is 0 Å². The predicted octanol–water partition coefficient (Wildman–Crippen LogP) is 4.07. The van der Waals surface area contributed by atoms with Crippen LogP contribution in [0.5, 0.6) is 0 Å². The SMILES string of the molecule is CCN(C(=O)c1cccc(NC(=S)NC(=O)c2ccco2)c1)c1ccccc1. The standard InChI is InChI=1S/C21H19N3O3S/c1-2-24(17-10-4-3-5-11-17)20(26)15-8-6-9-16(14-15)22-21(28)23-19(25)18-12-7-13-27-18/h3-14H,2H2,1H3,(H2,22,23,25,28). The van der Waals surface area contributed by atoms with E-state index in [4.69, 9.17) is 16.6 Å². The molecular weight excluding hydrogens is 374 g/mol. The van der Waals surface area contributed by atoms with Crippen LogP contribution in [-0.4, -0.2) is 23.5 Å². The number of anilines is 2. The molecule has 0 spiro atoms. The zero-order valence-electron chi connectivity index (χ0n) is 15.2. The highest BCUT2D eigenvalue weighted by atomic mass is 32.1. The topological polar surface area (TPSA) is 74.6 Å². The van der Waals surface area contributed by atoms with Crippen LogP contribution < -0.4 is 15.5 Å². The lowest BCUT2D eigenvalue weighted by Crippen LogP contribution is -2.34. The number of para-hydroxylation sites is 1. The number of hydrogen-bond donors (Lipinski definition) is 2. The molecule has 28 heavy (non-hydrogen) atoms. The lowest BCUT2D eigenvalue weighted by Gasteiger charge is -2.21. The minimum atomic E-state index is -0.448. The molecule has 0 atom stereocenters. The lowest BCUT2D eigenvalue weighted by molar-refractivity contribution is 0.0949. The number of carbonyl (C=O) groups is 2. The second kappa shape index (κ2) is 8.96. The zero-order valence-corrected chi connectivity index (χ0v) is 16.0. The number of furan rings is 1. The third kappa shape index (κ3) is 4.63. The molecule has 0 fully saturated rings. The fraction of sp³-hybridized carbons (Fsp3) is 0.0952. The van der Waals surface area contributed by atoms with Gasteiger partial charge in [-0.25, -0.2) is 0 Å². The smallest absolute Gasteiger partial charge is 0.293 e. The van der Waals surface area contributed by atoms with Crippen molar-refractivity contribution in [2.45, 2.75) is 6.92 Å². The van der Waals surface area contributed by atoms with Crippen molar-refractivity contribution >= 4 is 40.5 Å². The maximum Gasteiger partial charge on any atom is 0.293 e. The highest BCUT2D eigenvalue weighted by molar-refractivity contribution is 7.80. The van der Waals surface area contributed by atoms with Crippen molar-refractivity contribution in [3.05, 3.63) is 84.3 Å². The Balaban J connectivity index is 1.70. The Morgan fingerprint density at radius 2 is 1.82 bits per heavy atom. The van der Waals surface area contributed by atoms with Crippen LogP contribution in [0.25, 0.3) is 0 Å². The number of thiocarbonyl (C=S) groups is 1. The van der Waals surface area contributed by atoms with Gasteiger partial charge < -0.3 is 14.6 Å². The van der Waals surface area contributed by atoms with Crippen molar-refractivity contribution in [2.24, 2.45) is 0 Å². The van der Waals surface area contributed by atoms with Crippen LogP contribution in [0, 0.1) is 0 Å². The number of rotatable bonds is 5. The summed E-state index contributed by atoms with van der Waals surface area (Å²) < 4.78 is 5.03. The molecule has 2 amide bonds. The van der Waals surface area contributed by atoms with Gasteiger partial charge >= 0.3 is 0 Å². The number of hydrogen-bond acceptors (Lipinski definition) is 4. The fourth-order valence-electron chi connectivity index (χ4n) is 2.67. The molecule has 7 heteroatoms. The maximum absolute atomic E-state index is 12.9. The Bertz CT molecular complexity index is 972. The van der Waals surface area contributed by atoms with E-state index in [1.807, 2.05) is 37.3 Å². The van der Waals surface area contributed by atoms with E-state index in [2.05, 4.69) is 10.6 Å². The molecule has 3 rings (SSSR count). The van der Waals surface area contributed by atoms with Crippen molar-refractivity contribution in [2.75, 3.05) is 16.8 Å². The van der Waals surface area contributed by atoms with Gasteiger partial charge in [-0.1, -0.05) is 24.3 Å². The molecule has 0 saturated carbocycles. The number of benzene rings is 2. The summed E-state index contributed by atoms with van der Waals surface area (Å²) in [7, 11) is 0. The average Bonchev–Trinajstić information content (AvgIpc) is 3.24. The van der Waals surface area contributed by atoms with E-state index in [9.17, 15) is 9.59 Å². The zero-order chi connectivity index (χ0) is 19.9.